The highest BCUT2D eigenvalue weighted by Gasteiger charge is 2.14. The maximum absolute atomic E-state index is 10.6. The lowest BCUT2D eigenvalue weighted by Gasteiger charge is -2.03. The fraction of sp³-hybridized carbons (Fsp3) is 0.472. The molecule has 0 aliphatic carbocycles. The fourth-order valence-corrected chi connectivity index (χ4v) is 5.42. The smallest absolute Gasteiger partial charge is 0.166 e. The van der Waals surface area contributed by atoms with Crippen molar-refractivity contribution in [3.8, 4) is 0 Å². The maximum Gasteiger partial charge on any atom is 0.166 e. The number of oxime groups is 2. The molecule has 4 heterocycles. The van der Waals surface area contributed by atoms with Crippen LogP contribution in [0, 0.1) is 83.1 Å². The van der Waals surface area contributed by atoms with Crippen molar-refractivity contribution in [3.05, 3.63) is 90.6 Å². The van der Waals surface area contributed by atoms with Crippen LogP contribution < -0.4 is 0 Å². The van der Waals surface area contributed by atoms with Crippen molar-refractivity contribution >= 4 is 18.2 Å². The topological polar surface area (TPSA) is 102 Å². The first kappa shape index (κ1) is 38.8. The second kappa shape index (κ2) is 16.2. The largest absolute Gasteiger partial charge is 0.411 e. The molecule has 0 spiro atoms. The van der Waals surface area contributed by atoms with Crippen molar-refractivity contribution in [1.29, 1.82) is 0 Å². The first-order valence-electron chi connectivity index (χ1n) is 15.1. The number of carbonyl (C=O) groups is 1. The third-order valence-electron chi connectivity index (χ3n) is 9.84. The Morgan fingerprint density at radius 2 is 1.02 bits per heavy atom. The quantitative estimate of drug-likeness (QED) is 0.107. The van der Waals surface area contributed by atoms with Crippen LogP contribution in [0.5, 0.6) is 0 Å². The first-order chi connectivity index (χ1) is 20.8. The summed E-state index contributed by atoms with van der Waals surface area (Å²) in [7, 11) is 7.94. The molecule has 0 unspecified atom stereocenters. The standard InChI is InChI=1S/C10H16N2O.C9H14N2O.C9H13NO.C8H13N/c1-6-7(2)10(8(3)11-13)12(5)9(6)4;1-6-7(2)9(5-10-12)11(4)8(6)3;1-6-7(2)9(5-11)10(4)8(6)3;1-6-5-9(4)8(3)7(6)2/h13H,1-5H3;5,12H,1-4H3;5H,1-4H3;5H,1-4H3. The van der Waals surface area contributed by atoms with E-state index in [-0.39, 0.29) is 0 Å². The third-order valence-corrected chi connectivity index (χ3v) is 9.84. The van der Waals surface area contributed by atoms with Gasteiger partial charge in [0.25, 0.3) is 0 Å². The zero-order valence-corrected chi connectivity index (χ0v) is 30.7. The summed E-state index contributed by atoms with van der Waals surface area (Å²) in [6, 6.07) is 0. The van der Waals surface area contributed by atoms with Gasteiger partial charge in [-0.2, -0.15) is 0 Å². The van der Waals surface area contributed by atoms with E-state index in [1.807, 2.05) is 64.9 Å². The van der Waals surface area contributed by atoms with Crippen molar-refractivity contribution < 1.29 is 15.2 Å². The minimum atomic E-state index is 0.663. The molecule has 0 atom stereocenters. The summed E-state index contributed by atoms with van der Waals surface area (Å²) in [6.07, 6.45) is 4.54. The molecule has 0 radical (unpaired) electrons. The molecule has 4 rings (SSSR count). The van der Waals surface area contributed by atoms with Crippen LogP contribution in [0.25, 0.3) is 0 Å². The zero-order valence-electron chi connectivity index (χ0n) is 30.7. The summed E-state index contributed by atoms with van der Waals surface area (Å²) >= 11 is 0. The highest BCUT2D eigenvalue weighted by molar-refractivity contribution is 5.98. The van der Waals surface area contributed by atoms with Crippen LogP contribution in [-0.2, 0) is 28.2 Å². The monoisotopic (exact) mass is 620 g/mol. The Kier molecular flexibility index (Phi) is 13.9. The van der Waals surface area contributed by atoms with Crippen molar-refractivity contribution in [3.63, 3.8) is 0 Å². The maximum atomic E-state index is 10.6. The van der Waals surface area contributed by atoms with E-state index in [0.717, 1.165) is 28.9 Å². The van der Waals surface area contributed by atoms with E-state index in [1.165, 1.54) is 67.9 Å². The number of hydrogen-bond acceptors (Lipinski definition) is 5. The van der Waals surface area contributed by atoms with Gasteiger partial charge in [0.05, 0.1) is 23.3 Å². The molecule has 0 aliphatic rings. The highest BCUT2D eigenvalue weighted by atomic mass is 16.4. The Morgan fingerprint density at radius 3 is 1.24 bits per heavy atom. The SMILES string of the molecule is CC(=NO)c1c(C)c(C)c(C)n1C.Cc1c(C)c(C=NO)n(C)c1C.Cc1c(C)c(C=O)n(C)c1C.Cc1cn(C)c(C)c1C. The molecule has 45 heavy (non-hydrogen) atoms. The van der Waals surface area contributed by atoms with Gasteiger partial charge < -0.3 is 28.7 Å². The second-order valence-corrected chi connectivity index (χ2v) is 12.0. The van der Waals surface area contributed by atoms with Gasteiger partial charge in [-0.15, -0.1) is 0 Å². The van der Waals surface area contributed by atoms with E-state index in [0.29, 0.717) is 5.71 Å². The molecule has 0 fully saturated rings. The predicted molar refractivity (Wildman–Crippen MR) is 187 cm³/mol. The van der Waals surface area contributed by atoms with Crippen LogP contribution in [-0.4, -0.2) is 46.9 Å². The van der Waals surface area contributed by atoms with Crippen molar-refractivity contribution in [2.75, 3.05) is 0 Å². The van der Waals surface area contributed by atoms with Crippen molar-refractivity contribution in [1.82, 2.24) is 18.3 Å². The number of carbonyl (C=O) groups excluding carboxylic acids is 1. The summed E-state index contributed by atoms with van der Waals surface area (Å²) in [5.74, 6) is 0. The highest BCUT2D eigenvalue weighted by Crippen LogP contribution is 2.21. The minimum absolute atomic E-state index is 0.663. The molecule has 0 saturated carbocycles. The lowest BCUT2D eigenvalue weighted by Crippen LogP contribution is -2.05. The Hall–Kier alpha value is -4.27. The molecule has 0 bridgehead atoms. The van der Waals surface area contributed by atoms with Gasteiger partial charge >= 0.3 is 0 Å². The normalized spacial score (nSPS) is 11.1. The van der Waals surface area contributed by atoms with Gasteiger partial charge in [0.15, 0.2) is 6.29 Å². The molecule has 4 aromatic heterocycles. The summed E-state index contributed by atoms with van der Waals surface area (Å²) < 4.78 is 8.16. The lowest BCUT2D eigenvalue weighted by molar-refractivity contribution is 0.111. The van der Waals surface area contributed by atoms with Gasteiger partial charge in [0.2, 0.25) is 0 Å². The van der Waals surface area contributed by atoms with Crippen LogP contribution in [0.2, 0.25) is 0 Å². The number of aldehydes is 1. The van der Waals surface area contributed by atoms with E-state index >= 15 is 0 Å². The second-order valence-electron chi connectivity index (χ2n) is 12.0. The molecule has 0 amide bonds. The number of rotatable bonds is 3. The van der Waals surface area contributed by atoms with Crippen LogP contribution in [0.15, 0.2) is 16.5 Å². The molecular formula is C36H56N6O3. The van der Waals surface area contributed by atoms with E-state index in [2.05, 4.69) is 81.2 Å². The average molecular weight is 621 g/mol. The van der Waals surface area contributed by atoms with Crippen LogP contribution in [0.1, 0.15) is 96.1 Å². The Labute approximate surface area is 270 Å². The molecule has 9 heteroatoms. The van der Waals surface area contributed by atoms with Crippen molar-refractivity contribution in [2.24, 2.45) is 38.5 Å². The number of nitrogens with zero attached hydrogens (tertiary/aromatic N) is 6. The molecule has 0 aromatic carbocycles. The van der Waals surface area contributed by atoms with Crippen molar-refractivity contribution in [2.45, 2.75) is 90.0 Å². The summed E-state index contributed by atoms with van der Waals surface area (Å²) in [6.45, 7) is 26.6. The fourth-order valence-electron chi connectivity index (χ4n) is 5.42. The lowest BCUT2D eigenvalue weighted by atomic mass is 10.1. The molecular weight excluding hydrogens is 564 g/mol. The van der Waals surface area contributed by atoms with Gasteiger partial charge in [-0.05, 0) is 135 Å². The van der Waals surface area contributed by atoms with Crippen LogP contribution >= 0.6 is 0 Å². The predicted octanol–water partition coefficient (Wildman–Crippen LogP) is 7.62. The Morgan fingerprint density at radius 1 is 0.600 bits per heavy atom. The van der Waals surface area contributed by atoms with Gasteiger partial charge in [-0.25, -0.2) is 0 Å². The molecule has 0 aliphatic heterocycles. The van der Waals surface area contributed by atoms with Gasteiger partial charge in [0.1, 0.15) is 5.71 Å². The van der Waals surface area contributed by atoms with Crippen LogP contribution in [0.3, 0.4) is 0 Å². The van der Waals surface area contributed by atoms with Gasteiger partial charge in [0, 0.05) is 57.2 Å². The van der Waals surface area contributed by atoms with Gasteiger partial charge in [-0.1, -0.05) is 10.3 Å². The number of aromatic nitrogens is 4. The first-order valence-corrected chi connectivity index (χ1v) is 15.1. The van der Waals surface area contributed by atoms with E-state index in [1.54, 1.807) is 6.92 Å². The molecule has 0 saturated heterocycles. The molecule has 2 N–H and O–H groups in total. The van der Waals surface area contributed by atoms with E-state index < -0.39 is 0 Å². The van der Waals surface area contributed by atoms with E-state index in [9.17, 15) is 4.79 Å². The number of aryl methyl sites for hydroxylation is 2. The molecule has 248 valence electrons. The third kappa shape index (κ3) is 8.26. The molecule has 9 nitrogen and oxygen atoms in total. The van der Waals surface area contributed by atoms with Crippen LogP contribution in [0.4, 0.5) is 0 Å². The summed E-state index contributed by atoms with van der Waals surface area (Å²) in [5.41, 5.74) is 18.4. The van der Waals surface area contributed by atoms with Gasteiger partial charge in [-0.3, -0.25) is 4.79 Å². The Bertz CT molecular complexity index is 1600. The average Bonchev–Trinajstić information content (AvgIpc) is 3.51. The summed E-state index contributed by atoms with van der Waals surface area (Å²) in [5, 5.41) is 23.4. The molecule has 4 aromatic rings. The van der Waals surface area contributed by atoms with E-state index in [4.69, 9.17) is 10.4 Å². The zero-order chi connectivity index (χ0) is 35.1. The summed E-state index contributed by atoms with van der Waals surface area (Å²) in [4.78, 5) is 10.6. The minimum Gasteiger partial charge on any atom is -0.411 e. The number of hydrogen-bond donors (Lipinski definition) is 2. The Balaban J connectivity index is 0.000000302.